The topological polar surface area (TPSA) is 102 Å². The second-order valence-corrected chi connectivity index (χ2v) is 7.84. The van der Waals surface area contributed by atoms with Crippen LogP contribution in [0.5, 0.6) is 0 Å². The molecule has 1 atom stereocenters. The zero-order valence-electron chi connectivity index (χ0n) is 15.8. The van der Waals surface area contributed by atoms with Gasteiger partial charge in [0.1, 0.15) is 0 Å². The molecule has 1 heterocycles. The summed E-state index contributed by atoms with van der Waals surface area (Å²) in [6.07, 6.45) is 0. The van der Waals surface area contributed by atoms with Gasteiger partial charge in [-0.1, -0.05) is 23.4 Å². The summed E-state index contributed by atoms with van der Waals surface area (Å²) < 4.78 is 41.2. The Balaban J connectivity index is 1.56. The highest BCUT2D eigenvalue weighted by Crippen LogP contribution is 2.24. The molecule has 0 aliphatic rings. The number of carbonyl (C=O) groups is 2. The molecule has 0 radical (unpaired) electrons. The van der Waals surface area contributed by atoms with Crippen LogP contribution >= 0.6 is 23.4 Å². The summed E-state index contributed by atoms with van der Waals surface area (Å²) in [6, 6.07) is 8.29. The van der Waals surface area contributed by atoms with Crippen LogP contribution in [0, 0.1) is 17.5 Å². The van der Waals surface area contributed by atoms with E-state index >= 15 is 0 Å². The Morgan fingerprint density at radius 1 is 1.13 bits per heavy atom. The van der Waals surface area contributed by atoms with Crippen LogP contribution in [0.2, 0.25) is 5.02 Å². The molecule has 31 heavy (non-hydrogen) atoms. The lowest BCUT2D eigenvalue weighted by Gasteiger charge is -2.12. The Morgan fingerprint density at radius 3 is 2.55 bits per heavy atom. The minimum Gasteiger partial charge on any atom is -0.346 e. The predicted molar refractivity (Wildman–Crippen MR) is 107 cm³/mol. The fourth-order valence-corrected chi connectivity index (χ4v) is 3.29. The molecule has 1 aromatic heterocycles. The van der Waals surface area contributed by atoms with E-state index in [9.17, 15) is 22.8 Å². The Bertz CT molecular complexity index is 1110. The smallest absolute Gasteiger partial charge is 0.243 e. The number of hydrogen-bond acceptors (Lipinski definition) is 6. The first-order chi connectivity index (χ1) is 14.8. The van der Waals surface area contributed by atoms with Gasteiger partial charge in [-0.2, -0.15) is 4.68 Å². The molecule has 8 nitrogen and oxygen atoms in total. The van der Waals surface area contributed by atoms with E-state index in [1.165, 1.54) is 4.68 Å². The Kier molecular flexibility index (Phi) is 7.13. The maximum absolute atomic E-state index is 13.6. The molecule has 0 fully saturated rings. The van der Waals surface area contributed by atoms with Crippen LogP contribution in [0.15, 0.2) is 41.6 Å². The number of nitrogens with zero attached hydrogens (tertiary/aromatic N) is 4. The quantitative estimate of drug-likeness (QED) is 0.406. The number of rotatable bonds is 7. The molecule has 0 saturated heterocycles. The van der Waals surface area contributed by atoms with Gasteiger partial charge in [-0.15, -0.1) is 5.10 Å². The van der Waals surface area contributed by atoms with Crippen molar-refractivity contribution in [2.24, 2.45) is 0 Å². The van der Waals surface area contributed by atoms with Crippen LogP contribution in [0.1, 0.15) is 6.92 Å². The van der Waals surface area contributed by atoms with Crippen LogP contribution in [0.3, 0.4) is 0 Å². The van der Waals surface area contributed by atoms with Crippen molar-refractivity contribution in [2.45, 2.75) is 17.3 Å². The number of anilines is 1. The molecule has 162 valence electrons. The summed E-state index contributed by atoms with van der Waals surface area (Å²) >= 11 is 6.91. The number of benzene rings is 2. The lowest BCUT2D eigenvalue weighted by molar-refractivity contribution is -0.123. The van der Waals surface area contributed by atoms with Crippen molar-refractivity contribution in [3.8, 4) is 5.69 Å². The van der Waals surface area contributed by atoms with Crippen LogP contribution in [-0.4, -0.2) is 43.8 Å². The van der Waals surface area contributed by atoms with E-state index in [1.54, 1.807) is 31.2 Å². The van der Waals surface area contributed by atoms with Crippen molar-refractivity contribution >= 4 is 40.9 Å². The van der Waals surface area contributed by atoms with Crippen molar-refractivity contribution in [3.05, 3.63) is 58.9 Å². The van der Waals surface area contributed by atoms with Crippen molar-refractivity contribution in [3.63, 3.8) is 0 Å². The molecule has 0 spiro atoms. The highest BCUT2D eigenvalue weighted by molar-refractivity contribution is 8.00. The fourth-order valence-electron chi connectivity index (χ4n) is 2.34. The Morgan fingerprint density at radius 2 is 1.84 bits per heavy atom. The van der Waals surface area contributed by atoms with Crippen molar-refractivity contribution in [1.82, 2.24) is 25.5 Å². The molecule has 0 unspecified atom stereocenters. The fraction of sp³-hybridized carbons (Fsp3) is 0.167. The number of halogens is 4. The number of aromatic nitrogens is 4. The van der Waals surface area contributed by atoms with E-state index in [0.29, 0.717) is 21.9 Å². The van der Waals surface area contributed by atoms with E-state index in [-0.39, 0.29) is 0 Å². The summed E-state index contributed by atoms with van der Waals surface area (Å²) in [4.78, 5) is 24.2. The number of carbonyl (C=O) groups excluding carboxylic acids is 2. The van der Waals surface area contributed by atoms with E-state index in [4.69, 9.17) is 11.6 Å². The van der Waals surface area contributed by atoms with Gasteiger partial charge in [-0.05, 0) is 53.7 Å². The first-order valence-electron chi connectivity index (χ1n) is 8.68. The molecular formula is C18H14ClF3N6O2S. The number of nitrogens with one attached hydrogen (secondary N) is 2. The first-order valence-corrected chi connectivity index (χ1v) is 9.94. The summed E-state index contributed by atoms with van der Waals surface area (Å²) in [6.45, 7) is 1.07. The van der Waals surface area contributed by atoms with Crippen LogP contribution < -0.4 is 10.6 Å². The average molecular weight is 471 g/mol. The lowest BCUT2D eigenvalue weighted by atomic mass is 10.2. The first kappa shape index (κ1) is 22.6. The molecule has 0 saturated carbocycles. The molecule has 2 amide bonds. The summed E-state index contributed by atoms with van der Waals surface area (Å²) in [5.41, 5.74) is 0.0974. The number of amides is 2. The standard InChI is InChI=1S/C18H14ClF3N6O2S/c1-9(31-18-25-26-27-28(18)11-4-2-10(19)3-5-11)17(30)23-8-14(29)24-13-7-6-12(20)15(21)16(13)22/h2-7,9H,8H2,1H3,(H,23,30)(H,24,29)/t9-/m0/s1. The van der Waals surface area contributed by atoms with E-state index in [1.807, 2.05) is 0 Å². The zero-order chi connectivity index (χ0) is 22.5. The van der Waals surface area contributed by atoms with Crippen LogP contribution in [-0.2, 0) is 9.59 Å². The van der Waals surface area contributed by atoms with Gasteiger partial charge in [0.05, 0.1) is 23.2 Å². The Labute approximate surface area is 183 Å². The average Bonchev–Trinajstić information content (AvgIpc) is 3.21. The number of thioether (sulfide) groups is 1. The molecule has 0 bridgehead atoms. The maximum Gasteiger partial charge on any atom is 0.243 e. The lowest BCUT2D eigenvalue weighted by Crippen LogP contribution is -2.37. The monoisotopic (exact) mass is 470 g/mol. The molecule has 0 aliphatic heterocycles. The molecule has 0 aliphatic carbocycles. The second kappa shape index (κ2) is 9.79. The third-order valence-electron chi connectivity index (χ3n) is 3.90. The van der Waals surface area contributed by atoms with Gasteiger partial charge in [-0.25, -0.2) is 13.2 Å². The van der Waals surface area contributed by atoms with Crippen molar-refractivity contribution < 1.29 is 22.8 Å². The molecule has 2 aromatic carbocycles. The highest BCUT2D eigenvalue weighted by atomic mass is 35.5. The van der Waals surface area contributed by atoms with Gasteiger partial charge in [0.15, 0.2) is 17.5 Å². The van der Waals surface area contributed by atoms with Crippen molar-refractivity contribution in [2.75, 3.05) is 11.9 Å². The maximum atomic E-state index is 13.6. The molecule has 3 rings (SSSR count). The SMILES string of the molecule is C[C@H](Sc1nnnn1-c1ccc(Cl)cc1)C(=O)NCC(=O)Nc1ccc(F)c(F)c1F. The van der Waals surface area contributed by atoms with E-state index in [2.05, 4.69) is 26.2 Å². The Hall–Kier alpha value is -3.12. The summed E-state index contributed by atoms with van der Waals surface area (Å²) in [7, 11) is 0. The molecular weight excluding hydrogens is 457 g/mol. The van der Waals surface area contributed by atoms with Gasteiger partial charge in [0, 0.05) is 5.02 Å². The normalized spacial score (nSPS) is 11.8. The highest BCUT2D eigenvalue weighted by Gasteiger charge is 2.20. The van der Waals surface area contributed by atoms with E-state index in [0.717, 1.165) is 17.8 Å². The van der Waals surface area contributed by atoms with Gasteiger partial charge in [0.25, 0.3) is 0 Å². The van der Waals surface area contributed by atoms with E-state index < -0.39 is 46.7 Å². The third kappa shape index (κ3) is 5.52. The predicted octanol–water partition coefficient (Wildman–Crippen LogP) is 2.97. The van der Waals surface area contributed by atoms with Crippen LogP contribution in [0.25, 0.3) is 5.69 Å². The number of tetrazole rings is 1. The summed E-state index contributed by atoms with van der Waals surface area (Å²) in [5, 5.41) is 16.0. The molecule has 3 aromatic rings. The van der Waals surface area contributed by atoms with Gasteiger partial charge >= 0.3 is 0 Å². The van der Waals surface area contributed by atoms with Gasteiger partial charge < -0.3 is 10.6 Å². The second-order valence-electron chi connectivity index (χ2n) is 6.10. The minimum absolute atomic E-state index is 0.332. The van der Waals surface area contributed by atoms with Gasteiger partial charge in [0.2, 0.25) is 17.0 Å². The molecule has 2 N–H and O–H groups in total. The number of hydrogen-bond donors (Lipinski definition) is 2. The van der Waals surface area contributed by atoms with Crippen LogP contribution in [0.4, 0.5) is 18.9 Å². The van der Waals surface area contributed by atoms with Crippen molar-refractivity contribution in [1.29, 1.82) is 0 Å². The molecule has 13 heteroatoms. The minimum atomic E-state index is -1.70. The van der Waals surface area contributed by atoms with Gasteiger partial charge in [-0.3, -0.25) is 9.59 Å². The zero-order valence-corrected chi connectivity index (χ0v) is 17.3. The largest absolute Gasteiger partial charge is 0.346 e. The third-order valence-corrected chi connectivity index (χ3v) is 5.18. The summed E-state index contributed by atoms with van der Waals surface area (Å²) in [5.74, 6) is -5.95.